The van der Waals surface area contributed by atoms with Crippen molar-refractivity contribution in [1.82, 2.24) is 10.2 Å². The van der Waals surface area contributed by atoms with Crippen molar-refractivity contribution in [3.63, 3.8) is 0 Å². The highest BCUT2D eigenvalue weighted by atomic mass is 79.9. The molecule has 0 amide bonds. The molecule has 0 aromatic carbocycles. The van der Waals surface area contributed by atoms with E-state index in [4.69, 9.17) is 0 Å². The molecule has 0 aliphatic carbocycles. The Balaban J connectivity index is 2.21. The molecule has 5 heteroatoms. The van der Waals surface area contributed by atoms with E-state index in [0.29, 0.717) is 6.04 Å². The normalized spacial score (nSPS) is 13.1. The van der Waals surface area contributed by atoms with Crippen LogP contribution in [0, 0.1) is 5.92 Å². The summed E-state index contributed by atoms with van der Waals surface area (Å²) in [7, 11) is 0. The van der Waals surface area contributed by atoms with Gasteiger partial charge in [-0.25, -0.2) is 0 Å². The largest absolute Gasteiger partial charge is 0.358 e. The fourth-order valence-electron chi connectivity index (χ4n) is 1.38. The van der Waals surface area contributed by atoms with Crippen molar-refractivity contribution in [3.05, 3.63) is 3.92 Å². The van der Waals surface area contributed by atoms with Crippen LogP contribution in [0.4, 0.5) is 5.13 Å². The Hall–Kier alpha value is -0.160. The lowest BCUT2D eigenvalue weighted by Crippen LogP contribution is -2.14. The molecule has 15 heavy (non-hydrogen) atoms. The molecule has 1 aromatic heterocycles. The molecule has 0 spiro atoms. The summed E-state index contributed by atoms with van der Waals surface area (Å²) < 4.78 is 0.833. The molecule has 1 aromatic rings. The van der Waals surface area contributed by atoms with Gasteiger partial charge in [0.1, 0.15) is 0 Å². The monoisotopic (exact) mass is 291 g/mol. The quantitative estimate of drug-likeness (QED) is 0.863. The van der Waals surface area contributed by atoms with E-state index in [0.717, 1.165) is 15.0 Å². The van der Waals surface area contributed by atoms with E-state index in [2.05, 4.69) is 52.2 Å². The first kappa shape index (κ1) is 12.9. The number of halogens is 1. The van der Waals surface area contributed by atoms with Gasteiger partial charge in [-0.15, -0.1) is 10.2 Å². The third-order valence-corrected chi connectivity index (χ3v) is 3.48. The fourth-order valence-corrected chi connectivity index (χ4v) is 2.50. The van der Waals surface area contributed by atoms with Gasteiger partial charge in [-0.05, 0) is 35.2 Å². The average molecular weight is 292 g/mol. The Morgan fingerprint density at radius 3 is 2.53 bits per heavy atom. The van der Waals surface area contributed by atoms with Gasteiger partial charge in [0.2, 0.25) is 5.13 Å². The minimum absolute atomic E-state index is 0.476. The molecule has 0 saturated carbocycles. The highest BCUT2D eigenvalue weighted by Gasteiger charge is 2.06. The minimum Gasteiger partial charge on any atom is -0.358 e. The Bertz CT molecular complexity index is 288. The highest BCUT2D eigenvalue weighted by molar-refractivity contribution is 9.11. The van der Waals surface area contributed by atoms with Crippen LogP contribution < -0.4 is 5.32 Å². The first-order chi connectivity index (χ1) is 7.08. The summed E-state index contributed by atoms with van der Waals surface area (Å²) in [6.07, 6.45) is 3.76. The van der Waals surface area contributed by atoms with Gasteiger partial charge in [0.25, 0.3) is 0 Å². The highest BCUT2D eigenvalue weighted by Crippen LogP contribution is 2.21. The second kappa shape index (κ2) is 6.43. The van der Waals surface area contributed by atoms with Gasteiger partial charge in [0.05, 0.1) is 0 Å². The van der Waals surface area contributed by atoms with Crippen molar-refractivity contribution in [2.24, 2.45) is 5.92 Å². The number of nitrogens with zero attached hydrogens (tertiary/aromatic N) is 2. The third-order valence-electron chi connectivity index (χ3n) is 2.19. The average Bonchev–Trinajstić information content (AvgIpc) is 2.50. The molecule has 0 fully saturated rings. The Labute approximate surface area is 104 Å². The smallest absolute Gasteiger partial charge is 0.206 e. The van der Waals surface area contributed by atoms with E-state index in [-0.39, 0.29) is 0 Å². The zero-order valence-corrected chi connectivity index (χ0v) is 11.9. The predicted molar refractivity (Wildman–Crippen MR) is 69.4 cm³/mol. The van der Waals surface area contributed by atoms with Crippen LogP contribution in [-0.2, 0) is 0 Å². The number of hydrogen-bond donors (Lipinski definition) is 1. The second-order valence-electron chi connectivity index (χ2n) is 4.23. The van der Waals surface area contributed by atoms with Gasteiger partial charge in [-0.3, -0.25) is 0 Å². The van der Waals surface area contributed by atoms with Crippen LogP contribution in [0.15, 0.2) is 3.92 Å². The lowest BCUT2D eigenvalue weighted by atomic mass is 10.0. The van der Waals surface area contributed by atoms with Crippen molar-refractivity contribution in [3.8, 4) is 0 Å². The van der Waals surface area contributed by atoms with Crippen LogP contribution >= 0.6 is 27.3 Å². The number of hydrogen-bond acceptors (Lipinski definition) is 4. The summed E-state index contributed by atoms with van der Waals surface area (Å²) in [5, 5.41) is 12.2. The molecule has 1 unspecified atom stereocenters. The van der Waals surface area contributed by atoms with Crippen LogP contribution in [-0.4, -0.2) is 16.2 Å². The van der Waals surface area contributed by atoms with E-state index in [9.17, 15) is 0 Å². The Kier molecular flexibility index (Phi) is 5.53. The Morgan fingerprint density at radius 2 is 2.00 bits per heavy atom. The lowest BCUT2D eigenvalue weighted by molar-refractivity contribution is 0.520. The van der Waals surface area contributed by atoms with Gasteiger partial charge in [-0.2, -0.15) is 0 Å². The van der Waals surface area contributed by atoms with Crippen molar-refractivity contribution >= 4 is 32.4 Å². The van der Waals surface area contributed by atoms with Crippen LogP contribution in [0.1, 0.15) is 40.0 Å². The molecule has 1 atom stereocenters. The van der Waals surface area contributed by atoms with E-state index < -0.39 is 0 Å². The molecule has 0 saturated heterocycles. The summed E-state index contributed by atoms with van der Waals surface area (Å²) in [5.74, 6) is 0.799. The standard InChI is InChI=1S/C10H18BrN3S/c1-7(2)5-4-6-8(3)12-10-14-13-9(11)15-10/h7-8H,4-6H2,1-3H3,(H,12,14). The lowest BCUT2D eigenvalue weighted by Gasteiger charge is -2.12. The van der Waals surface area contributed by atoms with E-state index in [1.165, 1.54) is 30.6 Å². The van der Waals surface area contributed by atoms with Gasteiger partial charge in [0, 0.05) is 6.04 Å². The number of nitrogens with one attached hydrogen (secondary N) is 1. The van der Waals surface area contributed by atoms with Gasteiger partial charge in [-0.1, -0.05) is 38.0 Å². The molecular weight excluding hydrogens is 274 g/mol. The SMILES string of the molecule is CC(C)CCCC(C)Nc1nnc(Br)s1. The van der Waals surface area contributed by atoms with Gasteiger partial charge < -0.3 is 5.32 Å². The van der Waals surface area contributed by atoms with E-state index in [1.807, 2.05) is 0 Å². The summed E-state index contributed by atoms with van der Waals surface area (Å²) in [6.45, 7) is 6.72. The fraction of sp³-hybridized carbons (Fsp3) is 0.800. The van der Waals surface area contributed by atoms with Crippen LogP contribution in [0.5, 0.6) is 0 Å². The molecule has 86 valence electrons. The van der Waals surface area contributed by atoms with Crippen molar-refractivity contribution in [2.45, 2.75) is 46.1 Å². The van der Waals surface area contributed by atoms with Crippen LogP contribution in [0.3, 0.4) is 0 Å². The molecule has 1 N–H and O–H groups in total. The van der Waals surface area contributed by atoms with Crippen LogP contribution in [0.25, 0.3) is 0 Å². The molecule has 0 bridgehead atoms. The molecule has 0 aliphatic rings. The molecular formula is C10H18BrN3S. The Morgan fingerprint density at radius 1 is 1.27 bits per heavy atom. The van der Waals surface area contributed by atoms with E-state index in [1.54, 1.807) is 0 Å². The minimum atomic E-state index is 0.476. The zero-order valence-electron chi connectivity index (χ0n) is 9.46. The van der Waals surface area contributed by atoms with Crippen molar-refractivity contribution in [2.75, 3.05) is 5.32 Å². The molecule has 3 nitrogen and oxygen atoms in total. The maximum atomic E-state index is 4.01. The molecule has 1 heterocycles. The van der Waals surface area contributed by atoms with Gasteiger partial charge >= 0.3 is 0 Å². The third kappa shape index (κ3) is 5.47. The first-order valence-electron chi connectivity index (χ1n) is 5.33. The molecule has 0 aliphatic heterocycles. The van der Waals surface area contributed by atoms with Crippen LogP contribution in [0.2, 0.25) is 0 Å². The maximum Gasteiger partial charge on any atom is 0.206 e. The van der Waals surface area contributed by atoms with Crippen molar-refractivity contribution in [1.29, 1.82) is 0 Å². The molecule has 1 rings (SSSR count). The predicted octanol–water partition coefficient (Wildman–Crippen LogP) is 3.93. The summed E-state index contributed by atoms with van der Waals surface area (Å²) in [5.41, 5.74) is 0. The van der Waals surface area contributed by atoms with Gasteiger partial charge in [0.15, 0.2) is 3.92 Å². The first-order valence-corrected chi connectivity index (χ1v) is 6.94. The summed E-state index contributed by atoms with van der Waals surface area (Å²) in [4.78, 5) is 0. The second-order valence-corrected chi connectivity index (χ2v) is 6.48. The number of anilines is 1. The van der Waals surface area contributed by atoms with Crippen molar-refractivity contribution < 1.29 is 0 Å². The van der Waals surface area contributed by atoms with E-state index >= 15 is 0 Å². The topological polar surface area (TPSA) is 37.8 Å². The molecule has 0 radical (unpaired) electrons. The summed E-state index contributed by atoms with van der Waals surface area (Å²) >= 11 is 4.84. The maximum absolute atomic E-state index is 4.01. The number of rotatable bonds is 6. The number of aromatic nitrogens is 2. The zero-order chi connectivity index (χ0) is 11.3. The summed E-state index contributed by atoms with van der Waals surface area (Å²) in [6, 6.07) is 0.476.